The normalized spacial score (nSPS) is 14.9. The van der Waals surface area contributed by atoms with Gasteiger partial charge in [0.15, 0.2) is 11.5 Å². The SMILES string of the molecule is Cc1cccc2nnc(-c3c(N4CCCCC4)nc4ccccn4c3=O)n12. The molecular formula is C20H20N6O. The number of pyridine rings is 2. The maximum Gasteiger partial charge on any atom is 0.271 e. The number of fused-ring (bicyclic) bond motifs is 2. The number of rotatable bonds is 2. The molecule has 0 aromatic carbocycles. The van der Waals surface area contributed by atoms with Crippen LogP contribution < -0.4 is 10.5 Å². The van der Waals surface area contributed by atoms with E-state index in [-0.39, 0.29) is 5.56 Å². The number of piperidine rings is 1. The van der Waals surface area contributed by atoms with Crippen molar-refractivity contribution < 1.29 is 0 Å². The Morgan fingerprint density at radius 3 is 2.59 bits per heavy atom. The van der Waals surface area contributed by atoms with Gasteiger partial charge in [-0.25, -0.2) is 4.98 Å². The quantitative estimate of drug-likeness (QED) is 0.550. The summed E-state index contributed by atoms with van der Waals surface area (Å²) in [5.41, 5.74) is 2.76. The first-order valence-electron chi connectivity index (χ1n) is 9.31. The van der Waals surface area contributed by atoms with Gasteiger partial charge in [0.25, 0.3) is 5.56 Å². The molecular weight excluding hydrogens is 340 g/mol. The highest BCUT2D eigenvalue weighted by molar-refractivity contribution is 5.74. The molecule has 27 heavy (non-hydrogen) atoms. The molecule has 0 aliphatic carbocycles. The van der Waals surface area contributed by atoms with Gasteiger partial charge in [-0.15, -0.1) is 10.2 Å². The van der Waals surface area contributed by atoms with E-state index in [9.17, 15) is 4.79 Å². The van der Waals surface area contributed by atoms with Crippen LogP contribution in [0, 0.1) is 6.92 Å². The van der Waals surface area contributed by atoms with Gasteiger partial charge in [0.2, 0.25) is 0 Å². The van der Waals surface area contributed by atoms with Crippen LogP contribution in [0.5, 0.6) is 0 Å². The molecule has 0 radical (unpaired) electrons. The first-order chi connectivity index (χ1) is 13.2. The molecule has 0 N–H and O–H groups in total. The second-order valence-corrected chi connectivity index (χ2v) is 6.98. The highest BCUT2D eigenvalue weighted by Gasteiger charge is 2.25. The minimum Gasteiger partial charge on any atom is -0.356 e. The van der Waals surface area contributed by atoms with Crippen LogP contribution in [0.1, 0.15) is 25.0 Å². The molecule has 1 aliphatic heterocycles. The minimum atomic E-state index is -0.112. The van der Waals surface area contributed by atoms with E-state index in [2.05, 4.69) is 15.1 Å². The first-order valence-corrected chi connectivity index (χ1v) is 9.31. The minimum absolute atomic E-state index is 0.112. The number of hydrogen-bond acceptors (Lipinski definition) is 5. The average molecular weight is 360 g/mol. The van der Waals surface area contributed by atoms with E-state index < -0.39 is 0 Å². The van der Waals surface area contributed by atoms with Gasteiger partial charge in [-0.2, -0.15) is 0 Å². The number of nitrogens with zero attached hydrogens (tertiary/aromatic N) is 6. The lowest BCUT2D eigenvalue weighted by atomic mass is 10.1. The molecule has 0 amide bonds. The number of hydrogen-bond donors (Lipinski definition) is 0. The fourth-order valence-corrected chi connectivity index (χ4v) is 3.87. The molecule has 5 heterocycles. The third kappa shape index (κ3) is 2.50. The monoisotopic (exact) mass is 360 g/mol. The summed E-state index contributed by atoms with van der Waals surface area (Å²) in [6.45, 7) is 3.79. The third-order valence-corrected chi connectivity index (χ3v) is 5.22. The number of anilines is 1. The molecule has 0 spiro atoms. The molecule has 5 rings (SSSR count). The van der Waals surface area contributed by atoms with E-state index in [1.165, 1.54) is 6.42 Å². The van der Waals surface area contributed by atoms with Crippen molar-refractivity contribution in [2.75, 3.05) is 18.0 Å². The molecule has 136 valence electrons. The molecule has 4 aromatic rings. The van der Waals surface area contributed by atoms with Crippen molar-refractivity contribution in [3.63, 3.8) is 0 Å². The van der Waals surface area contributed by atoms with Crippen LogP contribution in [0.15, 0.2) is 47.4 Å². The number of aromatic nitrogens is 5. The predicted octanol–water partition coefficient (Wildman–Crippen LogP) is 2.70. The molecule has 1 aliphatic rings. The van der Waals surface area contributed by atoms with Gasteiger partial charge >= 0.3 is 0 Å². The summed E-state index contributed by atoms with van der Waals surface area (Å²) in [4.78, 5) is 20.5. The van der Waals surface area contributed by atoms with Gasteiger partial charge < -0.3 is 4.90 Å². The largest absolute Gasteiger partial charge is 0.356 e. The van der Waals surface area contributed by atoms with Crippen molar-refractivity contribution in [3.05, 3.63) is 58.6 Å². The second kappa shape index (κ2) is 6.19. The Morgan fingerprint density at radius 1 is 0.926 bits per heavy atom. The lowest BCUT2D eigenvalue weighted by Crippen LogP contribution is -2.33. The number of aryl methyl sites for hydroxylation is 1. The van der Waals surface area contributed by atoms with E-state index in [0.717, 1.165) is 37.3 Å². The highest BCUT2D eigenvalue weighted by atomic mass is 16.1. The van der Waals surface area contributed by atoms with Crippen molar-refractivity contribution in [2.24, 2.45) is 0 Å². The van der Waals surface area contributed by atoms with Crippen molar-refractivity contribution in [1.29, 1.82) is 0 Å². The van der Waals surface area contributed by atoms with Gasteiger partial charge in [0.1, 0.15) is 17.0 Å². The van der Waals surface area contributed by atoms with Crippen LogP contribution in [-0.4, -0.2) is 37.1 Å². The van der Waals surface area contributed by atoms with Gasteiger partial charge in [0.05, 0.1) is 0 Å². The van der Waals surface area contributed by atoms with Crippen LogP contribution >= 0.6 is 0 Å². The maximum atomic E-state index is 13.5. The Bertz CT molecular complexity index is 1200. The molecule has 0 atom stereocenters. The highest BCUT2D eigenvalue weighted by Crippen LogP contribution is 2.28. The molecule has 0 unspecified atom stereocenters. The van der Waals surface area contributed by atoms with Crippen molar-refractivity contribution in [3.8, 4) is 11.4 Å². The Kier molecular flexibility index (Phi) is 3.67. The lowest BCUT2D eigenvalue weighted by molar-refractivity contribution is 0.573. The fourth-order valence-electron chi connectivity index (χ4n) is 3.87. The van der Waals surface area contributed by atoms with Crippen molar-refractivity contribution >= 4 is 17.1 Å². The summed E-state index contributed by atoms with van der Waals surface area (Å²) >= 11 is 0. The Labute approximate surface area is 155 Å². The maximum absolute atomic E-state index is 13.5. The van der Waals surface area contributed by atoms with E-state index in [1.807, 2.05) is 47.7 Å². The van der Waals surface area contributed by atoms with Gasteiger partial charge in [-0.05, 0) is 50.5 Å². The summed E-state index contributed by atoms with van der Waals surface area (Å²) in [6, 6.07) is 11.4. The van der Waals surface area contributed by atoms with E-state index >= 15 is 0 Å². The van der Waals surface area contributed by atoms with Gasteiger partial charge in [-0.3, -0.25) is 13.6 Å². The molecule has 0 bridgehead atoms. The first kappa shape index (κ1) is 16.0. The zero-order valence-electron chi connectivity index (χ0n) is 15.2. The molecule has 0 saturated carbocycles. The summed E-state index contributed by atoms with van der Waals surface area (Å²) in [5.74, 6) is 1.27. The van der Waals surface area contributed by atoms with Crippen LogP contribution in [0.3, 0.4) is 0 Å². The Morgan fingerprint density at radius 2 is 1.74 bits per heavy atom. The Hall–Kier alpha value is -3.22. The molecule has 7 nitrogen and oxygen atoms in total. The molecule has 7 heteroatoms. The van der Waals surface area contributed by atoms with Crippen LogP contribution in [0.4, 0.5) is 5.82 Å². The molecule has 1 saturated heterocycles. The van der Waals surface area contributed by atoms with E-state index in [4.69, 9.17) is 4.98 Å². The van der Waals surface area contributed by atoms with Gasteiger partial charge in [0, 0.05) is 25.0 Å². The summed E-state index contributed by atoms with van der Waals surface area (Å²) < 4.78 is 3.52. The van der Waals surface area contributed by atoms with E-state index in [1.54, 1.807) is 10.6 Å². The average Bonchev–Trinajstić information content (AvgIpc) is 3.14. The van der Waals surface area contributed by atoms with Crippen molar-refractivity contribution in [1.82, 2.24) is 24.0 Å². The molecule has 1 fully saturated rings. The zero-order chi connectivity index (χ0) is 18.4. The zero-order valence-corrected chi connectivity index (χ0v) is 15.2. The lowest BCUT2D eigenvalue weighted by Gasteiger charge is -2.29. The van der Waals surface area contributed by atoms with Gasteiger partial charge in [-0.1, -0.05) is 12.1 Å². The third-order valence-electron chi connectivity index (χ3n) is 5.22. The molecule has 4 aromatic heterocycles. The summed E-state index contributed by atoms with van der Waals surface area (Å²) in [7, 11) is 0. The summed E-state index contributed by atoms with van der Waals surface area (Å²) in [6.07, 6.45) is 5.18. The van der Waals surface area contributed by atoms with Crippen LogP contribution in [0.25, 0.3) is 22.7 Å². The van der Waals surface area contributed by atoms with Crippen LogP contribution in [-0.2, 0) is 0 Å². The fraction of sp³-hybridized carbons (Fsp3) is 0.300. The topological polar surface area (TPSA) is 67.8 Å². The smallest absolute Gasteiger partial charge is 0.271 e. The predicted molar refractivity (Wildman–Crippen MR) is 104 cm³/mol. The summed E-state index contributed by atoms with van der Waals surface area (Å²) in [5, 5.41) is 8.66. The van der Waals surface area contributed by atoms with E-state index in [0.29, 0.717) is 22.9 Å². The second-order valence-electron chi connectivity index (χ2n) is 6.98. The van der Waals surface area contributed by atoms with Crippen molar-refractivity contribution in [2.45, 2.75) is 26.2 Å². The Balaban J connectivity index is 1.86. The standard InChI is InChI=1S/C20H20N6O/c1-14-8-7-10-16-22-23-19(26(14)16)17-18(24-11-4-2-5-12-24)21-15-9-3-6-13-25(15)20(17)27/h3,6-10,13H,2,4-5,11-12H2,1H3. The van der Waals surface area contributed by atoms with Crippen LogP contribution in [0.2, 0.25) is 0 Å².